The Kier molecular flexibility index (Phi) is 4.63. The van der Waals surface area contributed by atoms with E-state index in [2.05, 4.69) is 55.2 Å². The minimum absolute atomic E-state index is 0.157. The van der Waals surface area contributed by atoms with Gasteiger partial charge in [0.05, 0.1) is 5.69 Å². The number of imide groups is 1. The lowest BCUT2D eigenvalue weighted by Gasteiger charge is -2.36. The summed E-state index contributed by atoms with van der Waals surface area (Å²) in [6.45, 7) is 6.31. The molecular weight excluding hydrogens is 422 g/mol. The summed E-state index contributed by atoms with van der Waals surface area (Å²) < 4.78 is 0. The van der Waals surface area contributed by atoms with Crippen LogP contribution in [-0.4, -0.2) is 27.9 Å². The molecule has 3 aromatic carbocycles. The van der Waals surface area contributed by atoms with Gasteiger partial charge in [-0.05, 0) is 53.3 Å². The Morgan fingerprint density at radius 2 is 1.71 bits per heavy atom. The summed E-state index contributed by atoms with van der Waals surface area (Å²) >= 11 is 0. The Labute approximate surface area is 199 Å². The molecule has 0 spiro atoms. The van der Waals surface area contributed by atoms with Gasteiger partial charge in [-0.15, -0.1) is 0 Å². The van der Waals surface area contributed by atoms with Crippen LogP contribution in [0.25, 0.3) is 10.9 Å². The molecule has 0 saturated carbocycles. The zero-order valence-corrected chi connectivity index (χ0v) is 19.6. The van der Waals surface area contributed by atoms with E-state index in [-0.39, 0.29) is 18.0 Å². The van der Waals surface area contributed by atoms with Crippen LogP contribution >= 0.6 is 0 Å². The summed E-state index contributed by atoms with van der Waals surface area (Å²) in [5, 5.41) is 1.12. The maximum absolute atomic E-state index is 13.9. The number of H-pyrrole nitrogens is 1. The highest BCUT2D eigenvalue weighted by Gasteiger charge is 2.53. The Morgan fingerprint density at radius 1 is 0.941 bits per heavy atom. The Balaban J connectivity index is 1.53. The highest BCUT2D eigenvalue weighted by molar-refractivity contribution is 6.22. The maximum atomic E-state index is 13.9. The zero-order chi connectivity index (χ0) is 23.6. The molecule has 3 heterocycles. The molecule has 1 N–H and O–H groups in total. The summed E-state index contributed by atoms with van der Waals surface area (Å²) in [5.41, 5.74) is 7.07. The predicted octanol–water partition coefficient (Wildman–Crippen LogP) is 6.08. The molecule has 0 aliphatic carbocycles. The van der Waals surface area contributed by atoms with Crippen molar-refractivity contribution in [1.29, 1.82) is 0 Å². The van der Waals surface area contributed by atoms with E-state index in [1.807, 2.05) is 43.3 Å². The lowest BCUT2D eigenvalue weighted by molar-refractivity contribution is -0.120. The third kappa shape index (κ3) is 3.00. The van der Waals surface area contributed by atoms with Crippen molar-refractivity contribution in [2.75, 3.05) is 4.90 Å². The van der Waals surface area contributed by atoms with Crippen molar-refractivity contribution in [2.24, 2.45) is 0 Å². The van der Waals surface area contributed by atoms with Gasteiger partial charge in [0.15, 0.2) is 0 Å². The van der Waals surface area contributed by atoms with Crippen molar-refractivity contribution in [3.8, 4) is 0 Å². The molecule has 2 aliphatic heterocycles. The van der Waals surface area contributed by atoms with Crippen molar-refractivity contribution in [3.63, 3.8) is 0 Å². The largest absolute Gasteiger partial charge is 0.356 e. The molecule has 1 fully saturated rings. The van der Waals surface area contributed by atoms with Crippen LogP contribution in [0, 0.1) is 6.92 Å². The van der Waals surface area contributed by atoms with E-state index >= 15 is 0 Å². The standard InChI is InChI=1S/C29H27N3O2/c1-17(2)19-11-13-20(14-12-19)27-26-23(22-9-4-5-10-24(22)30-26)16-25-28(33)31(29(34)32(25)27)21-8-6-7-18(3)15-21/h4-15,17,25,27,30H,16H2,1-3H3/t25-,27?/m0/s1. The number of aromatic nitrogens is 1. The molecule has 1 unspecified atom stereocenters. The fourth-order valence-corrected chi connectivity index (χ4v) is 5.49. The second kappa shape index (κ2) is 7.59. The predicted molar refractivity (Wildman–Crippen MR) is 134 cm³/mol. The van der Waals surface area contributed by atoms with Crippen molar-refractivity contribution in [3.05, 3.63) is 101 Å². The Hall–Kier alpha value is -3.86. The summed E-state index contributed by atoms with van der Waals surface area (Å²) in [4.78, 5) is 34.3. The molecule has 2 atom stereocenters. The van der Waals surface area contributed by atoms with Crippen LogP contribution in [0.5, 0.6) is 0 Å². The van der Waals surface area contributed by atoms with Gasteiger partial charge < -0.3 is 4.98 Å². The number of benzene rings is 3. The van der Waals surface area contributed by atoms with Crippen molar-refractivity contribution in [1.82, 2.24) is 9.88 Å². The number of nitrogens with one attached hydrogen (secondary N) is 1. The number of aromatic amines is 1. The van der Waals surface area contributed by atoms with Gasteiger partial charge in [0.25, 0.3) is 5.91 Å². The van der Waals surface area contributed by atoms with Crippen LogP contribution in [0.15, 0.2) is 72.8 Å². The van der Waals surface area contributed by atoms with Crippen LogP contribution in [0.1, 0.15) is 53.8 Å². The van der Waals surface area contributed by atoms with E-state index in [0.717, 1.165) is 33.3 Å². The zero-order valence-electron chi connectivity index (χ0n) is 19.6. The summed E-state index contributed by atoms with van der Waals surface area (Å²) in [7, 11) is 0. The van der Waals surface area contributed by atoms with E-state index < -0.39 is 6.04 Å². The SMILES string of the molecule is Cc1cccc(N2C(=O)[C@@H]3Cc4c([nH]c5ccccc45)C(c4ccc(C(C)C)cc4)N3C2=O)c1. The first-order valence-corrected chi connectivity index (χ1v) is 11.9. The van der Waals surface area contributed by atoms with E-state index in [0.29, 0.717) is 18.0 Å². The van der Waals surface area contributed by atoms with E-state index in [1.165, 1.54) is 10.5 Å². The normalized spacial score (nSPS) is 19.8. The number of aryl methyl sites for hydroxylation is 1. The Morgan fingerprint density at radius 3 is 2.44 bits per heavy atom. The fourth-order valence-electron chi connectivity index (χ4n) is 5.49. The van der Waals surface area contributed by atoms with Gasteiger partial charge in [-0.2, -0.15) is 0 Å². The highest BCUT2D eigenvalue weighted by atomic mass is 16.2. The third-order valence-electron chi connectivity index (χ3n) is 7.23. The molecule has 34 heavy (non-hydrogen) atoms. The average molecular weight is 450 g/mol. The lowest BCUT2D eigenvalue weighted by Crippen LogP contribution is -2.44. The van der Waals surface area contributed by atoms with Crippen molar-refractivity contribution in [2.45, 2.75) is 45.2 Å². The van der Waals surface area contributed by atoms with E-state index in [1.54, 1.807) is 4.90 Å². The molecule has 0 radical (unpaired) electrons. The minimum atomic E-state index is -0.533. The molecule has 5 heteroatoms. The molecule has 3 amide bonds. The Bertz CT molecular complexity index is 1430. The van der Waals surface area contributed by atoms with Gasteiger partial charge in [0, 0.05) is 23.0 Å². The van der Waals surface area contributed by atoms with E-state index in [4.69, 9.17) is 0 Å². The molecular formula is C29H27N3O2. The smallest absolute Gasteiger partial charge is 0.332 e. The maximum Gasteiger partial charge on any atom is 0.332 e. The second-order valence-corrected chi connectivity index (χ2v) is 9.71. The number of nitrogens with zero attached hydrogens (tertiary/aromatic N) is 2. The summed E-state index contributed by atoms with van der Waals surface area (Å²) in [6.07, 6.45) is 0.507. The lowest BCUT2D eigenvalue weighted by atomic mass is 9.88. The van der Waals surface area contributed by atoms with Crippen molar-refractivity contribution < 1.29 is 9.59 Å². The highest BCUT2D eigenvalue weighted by Crippen LogP contribution is 2.45. The third-order valence-corrected chi connectivity index (χ3v) is 7.23. The molecule has 2 aliphatic rings. The molecule has 4 aromatic rings. The number of fused-ring (bicyclic) bond motifs is 4. The van der Waals surface area contributed by atoms with Gasteiger partial charge in [-0.3, -0.25) is 9.69 Å². The topological polar surface area (TPSA) is 56.4 Å². The minimum Gasteiger partial charge on any atom is -0.356 e. The summed E-state index contributed by atoms with van der Waals surface area (Å²) in [6, 6.07) is 23.1. The first-order chi connectivity index (χ1) is 16.4. The molecule has 1 aromatic heterocycles. The number of urea groups is 1. The fraction of sp³-hybridized carbons (Fsp3) is 0.241. The van der Waals surface area contributed by atoms with Crippen LogP contribution in [0.4, 0.5) is 10.5 Å². The molecule has 5 nitrogen and oxygen atoms in total. The van der Waals surface area contributed by atoms with Crippen LogP contribution in [0.2, 0.25) is 0 Å². The van der Waals surface area contributed by atoms with Gasteiger partial charge >= 0.3 is 6.03 Å². The van der Waals surface area contributed by atoms with Gasteiger partial charge in [-0.1, -0.05) is 68.4 Å². The number of para-hydroxylation sites is 1. The number of carbonyl (C=O) groups is 2. The van der Waals surface area contributed by atoms with Crippen LogP contribution in [0.3, 0.4) is 0 Å². The quantitative estimate of drug-likeness (QED) is 0.385. The molecule has 6 rings (SSSR count). The monoisotopic (exact) mass is 449 g/mol. The number of hydrogen-bond acceptors (Lipinski definition) is 2. The summed E-state index contributed by atoms with van der Waals surface area (Å²) in [5.74, 6) is 0.263. The van der Waals surface area contributed by atoms with Crippen LogP contribution < -0.4 is 4.90 Å². The van der Waals surface area contributed by atoms with Gasteiger partial charge in [0.1, 0.15) is 12.1 Å². The number of amides is 3. The van der Waals surface area contributed by atoms with Gasteiger partial charge in [-0.25, -0.2) is 9.69 Å². The molecule has 1 saturated heterocycles. The molecule has 0 bridgehead atoms. The second-order valence-electron chi connectivity index (χ2n) is 9.71. The first-order valence-electron chi connectivity index (χ1n) is 11.9. The van der Waals surface area contributed by atoms with Gasteiger partial charge in [0.2, 0.25) is 0 Å². The number of carbonyl (C=O) groups excluding carboxylic acids is 2. The van der Waals surface area contributed by atoms with Crippen molar-refractivity contribution >= 4 is 28.5 Å². The molecule has 170 valence electrons. The number of rotatable bonds is 3. The van der Waals surface area contributed by atoms with E-state index in [9.17, 15) is 9.59 Å². The average Bonchev–Trinajstić information content (AvgIpc) is 3.32. The number of hydrogen-bond donors (Lipinski definition) is 1. The first kappa shape index (κ1) is 20.7. The van der Waals surface area contributed by atoms with Crippen LogP contribution in [-0.2, 0) is 11.2 Å². The number of anilines is 1.